The van der Waals surface area contributed by atoms with Gasteiger partial charge in [-0.15, -0.1) is 0 Å². The number of nitrogens with zero attached hydrogens (tertiary/aromatic N) is 2. The normalized spacial score (nSPS) is 11.1. The Balaban J connectivity index is 1.58. The van der Waals surface area contributed by atoms with E-state index in [2.05, 4.69) is 25.7 Å². The summed E-state index contributed by atoms with van der Waals surface area (Å²) < 4.78 is 11.5. The fourth-order valence-electron chi connectivity index (χ4n) is 1.95. The van der Waals surface area contributed by atoms with Gasteiger partial charge in [-0.1, -0.05) is 23.7 Å². The highest BCUT2D eigenvalue weighted by Gasteiger charge is 2.07. The van der Waals surface area contributed by atoms with E-state index in [0.717, 1.165) is 11.1 Å². The van der Waals surface area contributed by atoms with Crippen molar-refractivity contribution in [1.29, 1.82) is 0 Å². The van der Waals surface area contributed by atoms with Crippen LogP contribution in [0.3, 0.4) is 0 Å². The van der Waals surface area contributed by atoms with Crippen LogP contribution in [-0.4, -0.2) is 21.4 Å². The van der Waals surface area contributed by atoms with E-state index < -0.39 is 0 Å². The fraction of sp³-hybridized carbons (Fsp3) is 0.133. The molecule has 0 atom stereocenters. The van der Waals surface area contributed by atoms with Crippen molar-refractivity contribution >= 4 is 36.0 Å². The molecule has 7 nitrogen and oxygen atoms in total. The largest absolute Gasteiger partial charge is 0.460 e. The van der Waals surface area contributed by atoms with Crippen LogP contribution < -0.4 is 10.2 Å². The van der Waals surface area contributed by atoms with Gasteiger partial charge in [0.15, 0.2) is 5.76 Å². The molecule has 3 aromatic rings. The molecule has 9 heteroatoms. The van der Waals surface area contributed by atoms with Crippen LogP contribution >= 0.6 is 23.8 Å². The van der Waals surface area contributed by atoms with Crippen molar-refractivity contribution in [3.05, 3.63) is 57.0 Å². The summed E-state index contributed by atoms with van der Waals surface area (Å²) in [6, 6.07) is 9.18. The smallest absolute Gasteiger partial charge is 0.285 e. The van der Waals surface area contributed by atoms with Gasteiger partial charge in [-0.2, -0.15) is 10.1 Å². The second kappa shape index (κ2) is 7.33. The molecule has 0 amide bonds. The number of aromatic nitrogens is 3. The summed E-state index contributed by atoms with van der Waals surface area (Å²) in [7, 11) is 0. The van der Waals surface area contributed by atoms with Gasteiger partial charge in [0.1, 0.15) is 6.61 Å². The number of hydrazone groups is 1. The van der Waals surface area contributed by atoms with E-state index >= 15 is 0 Å². The number of ether oxygens (including phenoxy) is 1. The number of hydrogen-bond donors (Lipinski definition) is 3. The maximum absolute atomic E-state index is 6.17. The Labute approximate surface area is 147 Å². The van der Waals surface area contributed by atoms with Gasteiger partial charge in [0.2, 0.25) is 10.7 Å². The van der Waals surface area contributed by atoms with Crippen LogP contribution in [0.2, 0.25) is 5.02 Å². The number of benzene rings is 1. The van der Waals surface area contributed by atoms with Crippen molar-refractivity contribution in [2.45, 2.75) is 13.5 Å². The molecule has 0 aliphatic rings. The topological polar surface area (TPSA) is 91.2 Å². The molecule has 1 aromatic carbocycles. The van der Waals surface area contributed by atoms with Crippen LogP contribution in [0.15, 0.2) is 39.9 Å². The van der Waals surface area contributed by atoms with E-state index in [4.69, 9.17) is 33.0 Å². The van der Waals surface area contributed by atoms with Crippen molar-refractivity contribution in [3.63, 3.8) is 0 Å². The number of aromatic amines is 2. The first-order valence-corrected chi connectivity index (χ1v) is 7.81. The van der Waals surface area contributed by atoms with Gasteiger partial charge in [-0.3, -0.25) is 10.2 Å². The average molecular weight is 364 g/mol. The molecular formula is C15H14ClN5O2S. The van der Waals surface area contributed by atoms with E-state index in [1.807, 2.05) is 25.1 Å². The van der Waals surface area contributed by atoms with Gasteiger partial charge in [0, 0.05) is 16.7 Å². The molecule has 0 saturated carbocycles. The molecule has 0 saturated heterocycles. The first kappa shape index (κ1) is 16.3. The Hall–Kier alpha value is -2.58. The van der Waals surface area contributed by atoms with Crippen molar-refractivity contribution in [3.8, 4) is 5.95 Å². The van der Waals surface area contributed by atoms with Crippen molar-refractivity contribution in [2.24, 2.45) is 5.10 Å². The Bertz CT molecular complexity index is 894. The van der Waals surface area contributed by atoms with E-state index in [-0.39, 0.29) is 0 Å². The van der Waals surface area contributed by atoms with Gasteiger partial charge >= 0.3 is 0 Å². The predicted octanol–water partition coefficient (Wildman–Crippen LogP) is 4.05. The van der Waals surface area contributed by atoms with Crippen LogP contribution in [0.5, 0.6) is 5.95 Å². The zero-order valence-corrected chi connectivity index (χ0v) is 14.2. The Kier molecular flexibility index (Phi) is 4.97. The molecular weight excluding hydrogens is 350 g/mol. The molecule has 124 valence electrons. The molecule has 0 aliphatic carbocycles. The summed E-state index contributed by atoms with van der Waals surface area (Å²) in [5.74, 6) is 1.32. The minimum Gasteiger partial charge on any atom is -0.460 e. The maximum atomic E-state index is 6.17. The lowest BCUT2D eigenvalue weighted by molar-refractivity contribution is 0.231. The van der Waals surface area contributed by atoms with E-state index in [0.29, 0.717) is 34.1 Å². The molecule has 3 rings (SSSR count). The highest BCUT2D eigenvalue weighted by atomic mass is 35.5. The third kappa shape index (κ3) is 4.03. The van der Waals surface area contributed by atoms with Gasteiger partial charge < -0.3 is 9.15 Å². The minimum absolute atomic E-state index is 0.331. The highest BCUT2D eigenvalue weighted by molar-refractivity contribution is 7.71. The molecule has 2 aromatic heterocycles. The minimum atomic E-state index is 0.331. The van der Waals surface area contributed by atoms with Crippen LogP contribution in [0.4, 0.5) is 5.95 Å². The van der Waals surface area contributed by atoms with Crippen LogP contribution in [0.25, 0.3) is 0 Å². The average Bonchev–Trinajstić information content (AvgIpc) is 3.16. The Morgan fingerprint density at radius 3 is 3.00 bits per heavy atom. The van der Waals surface area contributed by atoms with Crippen molar-refractivity contribution < 1.29 is 9.15 Å². The van der Waals surface area contributed by atoms with Gasteiger partial charge in [-0.25, -0.2) is 5.43 Å². The maximum Gasteiger partial charge on any atom is 0.285 e. The van der Waals surface area contributed by atoms with Gasteiger partial charge in [0.25, 0.3) is 5.95 Å². The summed E-state index contributed by atoms with van der Waals surface area (Å²) in [4.78, 5) is 3.94. The summed E-state index contributed by atoms with van der Waals surface area (Å²) in [6.07, 6.45) is 1.50. The number of hydrogen-bond acceptors (Lipinski definition) is 6. The number of rotatable bonds is 6. The van der Waals surface area contributed by atoms with Crippen LogP contribution in [0, 0.1) is 11.7 Å². The molecule has 0 aliphatic heterocycles. The first-order valence-electron chi connectivity index (χ1n) is 7.02. The summed E-state index contributed by atoms with van der Waals surface area (Å²) in [5.41, 5.74) is 4.68. The lowest BCUT2D eigenvalue weighted by Gasteiger charge is -2.08. The molecule has 24 heavy (non-hydrogen) atoms. The van der Waals surface area contributed by atoms with E-state index in [1.54, 1.807) is 12.1 Å². The lowest BCUT2D eigenvalue weighted by Crippen LogP contribution is -1.98. The SMILES string of the molecule is Cc1cccc(Cl)c1COc1ccc(/C=N/Nc2nc(=S)[nH][nH]2)o1. The monoisotopic (exact) mass is 363 g/mol. The van der Waals surface area contributed by atoms with Gasteiger partial charge in [0.05, 0.1) is 6.21 Å². The lowest BCUT2D eigenvalue weighted by atomic mass is 10.1. The highest BCUT2D eigenvalue weighted by Crippen LogP contribution is 2.22. The molecule has 0 unspecified atom stereocenters. The second-order valence-corrected chi connectivity index (χ2v) is 5.66. The number of furan rings is 1. The Morgan fingerprint density at radius 2 is 2.25 bits per heavy atom. The third-order valence-corrected chi connectivity index (χ3v) is 3.72. The molecule has 0 radical (unpaired) electrons. The standard InChI is InChI=1S/C15H14ClN5O2S/c1-9-3-2-4-12(16)11(9)8-22-13-6-5-10(23-13)7-17-19-14-18-15(24)21-20-14/h2-7H,8H2,1H3,(H3,18,19,20,21,24)/b17-7+. The number of nitrogens with one attached hydrogen (secondary N) is 3. The van der Waals surface area contributed by atoms with E-state index in [9.17, 15) is 0 Å². The third-order valence-electron chi connectivity index (χ3n) is 3.18. The molecule has 0 fully saturated rings. The van der Waals surface area contributed by atoms with E-state index in [1.165, 1.54) is 6.21 Å². The Morgan fingerprint density at radius 1 is 1.38 bits per heavy atom. The van der Waals surface area contributed by atoms with Crippen LogP contribution in [-0.2, 0) is 6.61 Å². The molecule has 2 heterocycles. The van der Waals surface area contributed by atoms with Crippen molar-refractivity contribution in [2.75, 3.05) is 5.43 Å². The van der Waals surface area contributed by atoms with Gasteiger partial charge in [-0.05, 0) is 36.8 Å². The number of anilines is 1. The zero-order chi connectivity index (χ0) is 16.9. The quantitative estimate of drug-likeness (QED) is 0.349. The number of aryl methyl sites for hydroxylation is 1. The van der Waals surface area contributed by atoms with Crippen molar-refractivity contribution in [1.82, 2.24) is 15.2 Å². The van der Waals surface area contributed by atoms with Crippen LogP contribution in [0.1, 0.15) is 16.9 Å². The summed E-state index contributed by atoms with van der Waals surface area (Å²) in [5, 5.41) is 10.0. The first-order chi connectivity index (χ1) is 11.6. The summed E-state index contributed by atoms with van der Waals surface area (Å²) >= 11 is 11.0. The molecule has 3 N–H and O–H groups in total. The molecule has 0 bridgehead atoms. The fourth-order valence-corrected chi connectivity index (χ4v) is 2.37. The number of H-pyrrole nitrogens is 2. The number of halogens is 1. The molecule has 0 spiro atoms. The zero-order valence-electron chi connectivity index (χ0n) is 12.7. The summed E-state index contributed by atoms with van der Waals surface area (Å²) in [6.45, 7) is 2.31. The second-order valence-electron chi connectivity index (χ2n) is 4.87. The predicted molar refractivity (Wildman–Crippen MR) is 94.2 cm³/mol.